The highest BCUT2D eigenvalue weighted by Gasteiger charge is 2.40. The summed E-state index contributed by atoms with van der Waals surface area (Å²) in [7, 11) is 1.29. The number of carbonyl (C=O) groups excluding carboxylic acids is 1. The second-order valence-corrected chi connectivity index (χ2v) is 8.17. The number of nitrogens with one attached hydrogen (secondary N) is 2. The summed E-state index contributed by atoms with van der Waals surface area (Å²) in [5, 5.41) is 17.9. The van der Waals surface area contributed by atoms with Crippen LogP contribution in [-0.4, -0.2) is 37.9 Å². The lowest BCUT2D eigenvalue weighted by molar-refractivity contribution is -0.0417. The van der Waals surface area contributed by atoms with Crippen LogP contribution in [0.25, 0.3) is 11.1 Å². The topological polar surface area (TPSA) is 70.6 Å². The van der Waals surface area contributed by atoms with Crippen molar-refractivity contribution < 1.29 is 23.4 Å². The van der Waals surface area contributed by atoms with E-state index in [0.29, 0.717) is 42.6 Å². The fourth-order valence-electron chi connectivity index (χ4n) is 4.50. The van der Waals surface area contributed by atoms with Crippen LogP contribution in [0.15, 0.2) is 36.4 Å². The number of rotatable bonds is 7. The van der Waals surface area contributed by atoms with Crippen molar-refractivity contribution in [1.29, 1.82) is 0 Å². The number of alkyl carbamates (subject to hydrolysis) is 1. The molecule has 2 aromatic rings. The van der Waals surface area contributed by atoms with Crippen molar-refractivity contribution >= 4 is 6.09 Å². The van der Waals surface area contributed by atoms with Crippen LogP contribution in [0.3, 0.4) is 0 Å². The fourth-order valence-corrected chi connectivity index (χ4v) is 4.50. The highest BCUT2D eigenvalue weighted by molar-refractivity contribution is 5.70. The van der Waals surface area contributed by atoms with Gasteiger partial charge in [0.1, 0.15) is 11.6 Å². The molecular weight excluding hydrogens is 402 g/mol. The van der Waals surface area contributed by atoms with Crippen LogP contribution in [0.1, 0.15) is 36.8 Å². The molecule has 1 amide bonds. The number of ether oxygens (including phenoxy) is 1. The number of halogens is 2. The zero-order valence-corrected chi connectivity index (χ0v) is 18.0. The molecule has 0 aromatic heterocycles. The van der Waals surface area contributed by atoms with E-state index < -0.39 is 23.3 Å². The third-order valence-corrected chi connectivity index (χ3v) is 5.97. The molecule has 0 unspecified atom stereocenters. The minimum absolute atomic E-state index is 0.144. The molecule has 0 radical (unpaired) electrons. The van der Waals surface area contributed by atoms with Gasteiger partial charge < -0.3 is 20.5 Å². The molecule has 3 N–H and O–H groups in total. The average Bonchev–Trinajstić information content (AvgIpc) is 2.76. The van der Waals surface area contributed by atoms with E-state index in [9.17, 15) is 14.3 Å². The zero-order valence-electron chi connectivity index (χ0n) is 18.0. The van der Waals surface area contributed by atoms with Crippen molar-refractivity contribution in [2.75, 3.05) is 26.7 Å². The first-order valence-electron chi connectivity index (χ1n) is 10.7. The number of benzene rings is 2. The molecule has 0 spiro atoms. The summed E-state index contributed by atoms with van der Waals surface area (Å²) in [5.41, 5.74) is 0.404. The first kappa shape index (κ1) is 23.2. The molecule has 1 heterocycles. The lowest BCUT2D eigenvalue weighted by Crippen LogP contribution is -2.45. The minimum atomic E-state index is -1.34. The Labute approximate surface area is 181 Å². The molecule has 31 heavy (non-hydrogen) atoms. The molecule has 0 saturated carbocycles. The molecule has 1 fully saturated rings. The van der Waals surface area contributed by atoms with Crippen molar-refractivity contribution in [2.45, 2.75) is 38.2 Å². The van der Waals surface area contributed by atoms with Gasteiger partial charge in [0.25, 0.3) is 0 Å². The molecule has 2 aromatic carbocycles. The summed E-state index contributed by atoms with van der Waals surface area (Å²) in [6, 6.07) is 9.04. The molecule has 1 aliphatic heterocycles. The van der Waals surface area contributed by atoms with E-state index in [1.54, 1.807) is 25.1 Å². The lowest BCUT2D eigenvalue weighted by Gasteiger charge is -2.40. The second-order valence-electron chi connectivity index (χ2n) is 8.17. The van der Waals surface area contributed by atoms with E-state index >= 15 is 4.39 Å². The Morgan fingerprint density at radius 2 is 2.13 bits per heavy atom. The number of hydrogen-bond donors (Lipinski definition) is 3. The highest BCUT2D eigenvalue weighted by Crippen LogP contribution is 2.43. The van der Waals surface area contributed by atoms with Gasteiger partial charge in [0.05, 0.1) is 12.7 Å². The van der Waals surface area contributed by atoms with E-state index in [0.717, 1.165) is 19.4 Å². The Balaban J connectivity index is 2.02. The first-order valence-corrected chi connectivity index (χ1v) is 10.7. The smallest absolute Gasteiger partial charge is 0.406 e. The molecule has 1 saturated heterocycles. The number of methoxy groups -OCH3 is 1. The largest absolute Gasteiger partial charge is 0.453 e. The summed E-state index contributed by atoms with van der Waals surface area (Å²) in [4.78, 5) is 11.4. The van der Waals surface area contributed by atoms with Crippen LogP contribution in [0.2, 0.25) is 0 Å². The number of piperidine rings is 1. The van der Waals surface area contributed by atoms with E-state index in [1.165, 1.54) is 25.3 Å². The van der Waals surface area contributed by atoms with E-state index in [2.05, 4.69) is 15.4 Å². The molecule has 0 bridgehead atoms. The van der Waals surface area contributed by atoms with Crippen LogP contribution in [-0.2, 0) is 10.3 Å². The minimum Gasteiger partial charge on any atom is -0.453 e. The molecular formula is C24H30F2N2O3. The third-order valence-electron chi connectivity index (χ3n) is 5.97. The maximum Gasteiger partial charge on any atom is 0.406 e. The van der Waals surface area contributed by atoms with Gasteiger partial charge in [0, 0.05) is 24.6 Å². The van der Waals surface area contributed by atoms with Gasteiger partial charge in [0.15, 0.2) is 0 Å². The fraction of sp³-hybridized carbons (Fsp3) is 0.458. The molecule has 5 nitrogen and oxygen atoms in total. The molecule has 168 valence electrons. The van der Waals surface area contributed by atoms with Crippen molar-refractivity contribution in [1.82, 2.24) is 10.6 Å². The van der Waals surface area contributed by atoms with Gasteiger partial charge in [-0.3, -0.25) is 0 Å². The molecule has 2 atom stereocenters. The lowest BCUT2D eigenvalue weighted by atomic mass is 9.72. The standard InChI is InChI=1S/C24H30F2N2O3/c1-16-12-17(14-19(25)13-16)22-20(7-3-8-21(22)26)24(30,18-6-4-10-27-15-18)9-5-11-28-23(29)31-2/h3,7-8,12-14,18,27,30H,4-6,9-11,15H2,1-2H3,(H,28,29)/t18-,24+/m1/s1. The van der Waals surface area contributed by atoms with Crippen molar-refractivity contribution in [3.05, 3.63) is 59.2 Å². The van der Waals surface area contributed by atoms with Crippen molar-refractivity contribution in [3.63, 3.8) is 0 Å². The SMILES string of the molecule is COC(=O)NCCC[C@@](O)(c1cccc(F)c1-c1cc(C)cc(F)c1)[C@@H]1CCCNC1. The summed E-state index contributed by atoms with van der Waals surface area (Å²) < 4.78 is 33.8. The number of aliphatic hydroxyl groups is 1. The first-order chi connectivity index (χ1) is 14.8. The van der Waals surface area contributed by atoms with Crippen molar-refractivity contribution in [3.8, 4) is 11.1 Å². The molecule has 3 rings (SSSR count). The van der Waals surface area contributed by atoms with Gasteiger partial charge in [-0.1, -0.05) is 18.2 Å². The van der Waals surface area contributed by atoms with Gasteiger partial charge in [-0.05, 0) is 74.0 Å². The number of aryl methyl sites for hydroxylation is 1. The van der Waals surface area contributed by atoms with Gasteiger partial charge in [-0.25, -0.2) is 13.6 Å². The zero-order chi connectivity index (χ0) is 22.4. The van der Waals surface area contributed by atoms with Gasteiger partial charge in [-0.15, -0.1) is 0 Å². The highest BCUT2D eigenvalue weighted by atomic mass is 19.1. The van der Waals surface area contributed by atoms with Gasteiger partial charge in [0.2, 0.25) is 0 Å². The third kappa shape index (κ3) is 5.40. The Morgan fingerprint density at radius 3 is 2.81 bits per heavy atom. The van der Waals surface area contributed by atoms with Gasteiger partial charge >= 0.3 is 6.09 Å². The summed E-state index contributed by atoms with van der Waals surface area (Å²) in [6.45, 7) is 3.54. The predicted octanol–water partition coefficient (Wildman–Crippen LogP) is 4.26. The van der Waals surface area contributed by atoms with Crippen molar-refractivity contribution in [2.24, 2.45) is 5.92 Å². The number of carbonyl (C=O) groups is 1. The summed E-state index contributed by atoms with van der Waals surface area (Å²) in [5.74, 6) is -1.10. The molecule has 7 heteroatoms. The average molecular weight is 433 g/mol. The Hall–Kier alpha value is -2.51. The molecule has 1 aliphatic rings. The van der Waals surface area contributed by atoms with E-state index in [4.69, 9.17) is 0 Å². The normalized spacial score (nSPS) is 18.3. The maximum absolute atomic E-state index is 15.1. The van der Waals surface area contributed by atoms with Gasteiger partial charge in [-0.2, -0.15) is 0 Å². The van der Waals surface area contributed by atoms with Crippen LogP contribution >= 0.6 is 0 Å². The monoisotopic (exact) mass is 432 g/mol. The summed E-state index contributed by atoms with van der Waals surface area (Å²) >= 11 is 0. The Kier molecular flexibility index (Phi) is 7.62. The maximum atomic E-state index is 15.1. The van der Waals surface area contributed by atoms with Crippen LogP contribution in [0, 0.1) is 24.5 Å². The Morgan fingerprint density at radius 1 is 1.32 bits per heavy atom. The molecule has 0 aliphatic carbocycles. The quantitative estimate of drug-likeness (QED) is 0.572. The van der Waals surface area contributed by atoms with Crippen LogP contribution < -0.4 is 10.6 Å². The second kappa shape index (κ2) is 10.2. The Bertz CT molecular complexity index is 895. The van der Waals surface area contributed by atoms with E-state index in [1.807, 2.05) is 0 Å². The van der Waals surface area contributed by atoms with E-state index in [-0.39, 0.29) is 11.5 Å². The predicted molar refractivity (Wildman–Crippen MR) is 116 cm³/mol. The number of hydrogen-bond acceptors (Lipinski definition) is 4. The van der Waals surface area contributed by atoms with Crippen LogP contribution in [0.4, 0.5) is 13.6 Å². The summed E-state index contributed by atoms with van der Waals surface area (Å²) in [6.07, 6.45) is 1.93. The number of amides is 1. The van der Waals surface area contributed by atoms with Crippen LogP contribution in [0.5, 0.6) is 0 Å².